The van der Waals surface area contributed by atoms with Gasteiger partial charge in [0.1, 0.15) is 0 Å². The summed E-state index contributed by atoms with van der Waals surface area (Å²) in [4.78, 5) is 18.2. The predicted octanol–water partition coefficient (Wildman–Crippen LogP) is 6.05. The van der Waals surface area contributed by atoms with Crippen molar-refractivity contribution < 1.29 is 4.79 Å². The molecule has 4 rings (SSSR count). The van der Waals surface area contributed by atoms with Gasteiger partial charge in [-0.15, -0.1) is 11.8 Å². The lowest BCUT2D eigenvalue weighted by molar-refractivity contribution is -0.117. The topological polar surface area (TPSA) is 35.6 Å². The van der Waals surface area contributed by atoms with Gasteiger partial charge >= 0.3 is 0 Å². The van der Waals surface area contributed by atoms with E-state index in [-0.39, 0.29) is 5.91 Å². The van der Waals surface area contributed by atoms with E-state index in [1.54, 1.807) is 17.8 Å². The number of para-hydroxylation sites is 1. The molecule has 1 N–H and O–H groups in total. The summed E-state index contributed by atoms with van der Waals surface area (Å²) in [5, 5.41) is 4.33. The number of rotatable bonds is 7. The van der Waals surface area contributed by atoms with E-state index in [9.17, 15) is 4.79 Å². The first-order valence-electron chi connectivity index (χ1n) is 10.6. The van der Waals surface area contributed by atoms with E-state index in [0.717, 1.165) is 48.1 Å². The van der Waals surface area contributed by atoms with E-state index in [1.165, 1.54) is 5.69 Å². The van der Waals surface area contributed by atoms with E-state index in [2.05, 4.69) is 39.4 Å². The molecule has 0 bridgehead atoms. The lowest BCUT2D eigenvalue weighted by Gasteiger charge is -2.35. The van der Waals surface area contributed by atoms with E-state index >= 15 is 0 Å². The second-order valence-corrected chi connectivity index (χ2v) is 9.59. The molecule has 0 radical (unpaired) electrons. The second kappa shape index (κ2) is 11.1. The van der Waals surface area contributed by atoms with Crippen LogP contribution in [-0.4, -0.2) is 43.5 Å². The van der Waals surface area contributed by atoms with Crippen molar-refractivity contribution in [1.82, 2.24) is 4.90 Å². The fraction of sp³-hybridized carbons (Fsp3) is 0.240. The minimum absolute atomic E-state index is 0.0199. The summed E-state index contributed by atoms with van der Waals surface area (Å²) in [5.74, 6) is 0.780. The van der Waals surface area contributed by atoms with Gasteiger partial charge in [-0.3, -0.25) is 9.69 Å². The van der Waals surface area contributed by atoms with Crippen LogP contribution in [0.4, 0.5) is 11.4 Å². The predicted molar refractivity (Wildman–Crippen MR) is 136 cm³/mol. The fourth-order valence-corrected chi connectivity index (χ4v) is 5.10. The fourth-order valence-electron chi connectivity index (χ4n) is 3.64. The van der Waals surface area contributed by atoms with Gasteiger partial charge < -0.3 is 10.2 Å². The van der Waals surface area contributed by atoms with Crippen LogP contribution in [-0.2, 0) is 10.5 Å². The lowest BCUT2D eigenvalue weighted by Crippen LogP contribution is -2.48. The van der Waals surface area contributed by atoms with Gasteiger partial charge in [-0.25, -0.2) is 0 Å². The van der Waals surface area contributed by atoms with Gasteiger partial charge in [0.15, 0.2) is 0 Å². The zero-order chi connectivity index (χ0) is 22.3. The minimum Gasteiger partial charge on any atom is -0.369 e. The molecule has 3 aromatic carbocycles. The molecule has 1 fully saturated rings. The molecule has 166 valence electrons. The number of carbonyl (C=O) groups is 1. The summed E-state index contributed by atoms with van der Waals surface area (Å²) in [6.45, 7) is 4.03. The zero-order valence-electron chi connectivity index (χ0n) is 17.6. The Morgan fingerprint density at radius 2 is 1.62 bits per heavy atom. The van der Waals surface area contributed by atoms with Gasteiger partial charge in [0.25, 0.3) is 0 Å². The Morgan fingerprint density at radius 3 is 2.31 bits per heavy atom. The number of benzene rings is 3. The Kier molecular flexibility index (Phi) is 7.98. The molecule has 0 spiro atoms. The van der Waals surface area contributed by atoms with Crippen LogP contribution in [0.15, 0.2) is 77.7 Å². The van der Waals surface area contributed by atoms with E-state index < -0.39 is 0 Å². The van der Waals surface area contributed by atoms with Crippen LogP contribution in [0.25, 0.3) is 0 Å². The summed E-state index contributed by atoms with van der Waals surface area (Å²) in [6.07, 6.45) is 0. The van der Waals surface area contributed by atoms with Crippen LogP contribution < -0.4 is 10.2 Å². The van der Waals surface area contributed by atoms with Crippen molar-refractivity contribution in [2.75, 3.05) is 42.9 Å². The highest BCUT2D eigenvalue weighted by Gasteiger charge is 2.19. The first kappa shape index (κ1) is 23.0. The molecule has 3 aromatic rings. The highest BCUT2D eigenvalue weighted by molar-refractivity contribution is 7.98. The van der Waals surface area contributed by atoms with Crippen LogP contribution in [0.1, 0.15) is 5.56 Å². The smallest absolute Gasteiger partial charge is 0.238 e. The van der Waals surface area contributed by atoms with Gasteiger partial charge in [-0.05, 0) is 54.1 Å². The van der Waals surface area contributed by atoms with Crippen molar-refractivity contribution in [3.05, 3.63) is 88.4 Å². The summed E-state index contributed by atoms with van der Waals surface area (Å²) in [6, 6.07) is 23.9. The van der Waals surface area contributed by atoms with Crippen molar-refractivity contribution in [3.8, 4) is 0 Å². The molecule has 1 saturated heterocycles. The Balaban J connectivity index is 1.22. The van der Waals surface area contributed by atoms with Crippen molar-refractivity contribution in [2.45, 2.75) is 10.6 Å². The number of anilines is 2. The maximum absolute atomic E-state index is 12.5. The van der Waals surface area contributed by atoms with Crippen LogP contribution in [0.5, 0.6) is 0 Å². The first-order chi connectivity index (χ1) is 15.6. The summed E-state index contributed by atoms with van der Waals surface area (Å²) >= 11 is 13.9. The molecule has 0 atom stereocenters. The van der Waals surface area contributed by atoms with Gasteiger partial charge in [-0.1, -0.05) is 47.5 Å². The number of halogens is 2. The van der Waals surface area contributed by atoms with E-state index in [4.69, 9.17) is 23.2 Å². The Bertz CT molecular complexity index is 1040. The van der Waals surface area contributed by atoms with Crippen molar-refractivity contribution in [3.63, 3.8) is 0 Å². The SMILES string of the molecule is O=C(CN1CCN(c2ccccc2)CC1)Nc1ccc(SCc2ccc(Cl)cc2Cl)cc1. The van der Waals surface area contributed by atoms with Gasteiger partial charge in [0.05, 0.1) is 6.54 Å². The number of nitrogens with one attached hydrogen (secondary N) is 1. The third kappa shape index (κ3) is 6.42. The molecule has 0 aromatic heterocycles. The van der Waals surface area contributed by atoms with E-state index in [1.807, 2.05) is 42.5 Å². The molecule has 0 aliphatic carbocycles. The van der Waals surface area contributed by atoms with E-state index in [0.29, 0.717) is 16.6 Å². The maximum atomic E-state index is 12.5. The van der Waals surface area contributed by atoms with Gasteiger partial charge in [-0.2, -0.15) is 0 Å². The first-order valence-corrected chi connectivity index (χ1v) is 12.3. The molecule has 1 heterocycles. The second-order valence-electron chi connectivity index (χ2n) is 7.70. The highest BCUT2D eigenvalue weighted by Crippen LogP contribution is 2.29. The minimum atomic E-state index is 0.0199. The number of hydrogen-bond donors (Lipinski definition) is 1. The molecule has 7 heteroatoms. The Labute approximate surface area is 203 Å². The van der Waals surface area contributed by atoms with Gasteiger partial charge in [0.2, 0.25) is 5.91 Å². The summed E-state index contributed by atoms with van der Waals surface area (Å²) < 4.78 is 0. The highest BCUT2D eigenvalue weighted by atomic mass is 35.5. The summed E-state index contributed by atoms with van der Waals surface area (Å²) in [5.41, 5.74) is 3.10. The largest absolute Gasteiger partial charge is 0.369 e. The van der Waals surface area contributed by atoms with Crippen LogP contribution in [0.3, 0.4) is 0 Å². The van der Waals surface area contributed by atoms with Crippen molar-refractivity contribution in [2.24, 2.45) is 0 Å². The van der Waals surface area contributed by atoms with Crippen LogP contribution >= 0.6 is 35.0 Å². The van der Waals surface area contributed by atoms with Crippen LogP contribution in [0.2, 0.25) is 10.0 Å². The number of hydrogen-bond acceptors (Lipinski definition) is 4. The Hall–Kier alpha value is -2.18. The van der Waals surface area contributed by atoms with Crippen molar-refractivity contribution in [1.29, 1.82) is 0 Å². The molecule has 1 amide bonds. The maximum Gasteiger partial charge on any atom is 0.238 e. The lowest BCUT2D eigenvalue weighted by atomic mass is 10.2. The third-order valence-electron chi connectivity index (χ3n) is 5.41. The number of piperazine rings is 1. The molecule has 1 aliphatic rings. The monoisotopic (exact) mass is 485 g/mol. The molecule has 0 unspecified atom stereocenters. The average Bonchev–Trinajstić information content (AvgIpc) is 2.80. The van der Waals surface area contributed by atoms with Crippen LogP contribution in [0, 0.1) is 0 Å². The Morgan fingerprint density at radius 1 is 0.906 bits per heavy atom. The quantitative estimate of drug-likeness (QED) is 0.413. The number of amides is 1. The number of thioether (sulfide) groups is 1. The molecular formula is C25H25Cl2N3OS. The van der Waals surface area contributed by atoms with Crippen molar-refractivity contribution >= 4 is 52.2 Å². The standard InChI is InChI=1S/C25H25Cl2N3OS/c26-20-7-6-19(24(27)16-20)18-32-23-10-8-21(9-11-23)28-25(31)17-29-12-14-30(15-13-29)22-4-2-1-3-5-22/h1-11,16H,12-15,17-18H2,(H,28,31). The zero-order valence-corrected chi connectivity index (χ0v) is 20.0. The molecule has 0 saturated carbocycles. The summed E-state index contributed by atoms with van der Waals surface area (Å²) in [7, 11) is 0. The number of carbonyl (C=O) groups excluding carboxylic acids is 1. The average molecular weight is 486 g/mol. The molecule has 4 nitrogen and oxygen atoms in total. The number of nitrogens with zero attached hydrogens (tertiary/aromatic N) is 2. The molecule has 32 heavy (non-hydrogen) atoms. The molecular weight excluding hydrogens is 461 g/mol. The normalized spacial score (nSPS) is 14.4. The third-order valence-corrected chi connectivity index (χ3v) is 7.06. The molecule has 1 aliphatic heterocycles. The van der Waals surface area contributed by atoms with Gasteiger partial charge in [0, 0.05) is 58.2 Å².